The van der Waals surface area contributed by atoms with Gasteiger partial charge in [0, 0.05) is 6.20 Å². The van der Waals surface area contributed by atoms with Gasteiger partial charge in [0.05, 0.1) is 6.61 Å². The zero-order valence-electron chi connectivity index (χ0n) is 14.9. The van der Waals surface area contributed by atoms with Gasteiger partial charge in [0.2, 0.25) is 0 Å². The Hall–Kier alpha value is -1.03. The average Bonchev–Trinajstić information content (AvgIpc) is 2.73. The summed E-state index contributed by atoms with van der Waals surface area (Å²) in [7, 11) is -16.8. The number of phosphoric acid groups is 3. The highest BCUT2D eigenvalue weighted by Crippen LogP contribution is 2.66. The van der Waals surface area contributed by atoms with E-state index in [0.717, 1.165) is 17.7 Å². The molecule has 1 aliphatic heterocycles. The normalized spacial score (nSPS) is 31.2. The highest BCUT2D eigenvalue weighted by atomic mass is 31.3. The first kappa shape index (κ1) is 25.2. The summed E-state index contributed by atoms with van der Waals surface area (Å²) in [5.41, 5.74) is 2.28. The van der Waals surface area contributed by atoms with E-state index in [1.165, 1.54) is 6.07 Å². The lowest BCUT2D eigenvalue weighted by Crippen LogP contribution is -2.46. The van der Waals surface area contributed by atoms with Gasteiger partial charge in [-0.25, -0.2) is 18.5 Å². The Balaban J connectivity index is 2.12. The van der Waals surface area contributed by atoms with Gasteiger partial charge in [-0.3, -0.25) is 9.09 Å². The summed E-state index contributed by atoms with van der Waals surface area (Å²) >= 11 is 0. The van der Waals surface area contributed by atoms with E-state index < -0.39 is 59.8 Å². The Bertz CT molecular complexity index is 990. The van der Waals surface area contributed by atoms with E-state index in [0.29, 0.717) is 0 Å². The molecule has 0 aromatic carbocycles. The first-order chi connectivity index (χ1) is 13.4. The summed E-state index contributed by atoms with van der Waals surface area (Å²) in [6.07, 6.45) is -3.80. The third kappa shape index (κ3) is 6.24. The Morgan fingerprint density at radius 1 is 1.23 bits per heavy atom. The number of aromatic nitrogens is 2. The van der Waals surface area contributed by atoms with Crippen molar-refractivity contribution in [1.82, 2.24) is 9.55 Å². The van der Waals surface area contributed by atoms with Crippen LogP contribution in [0, 0.1) is 0 Å². The third-order valence-electron chi connectivity index (χ3n) is 3.68. The number of hydrogen-bond acceptors (Lipinski definition) is 12. The number of hydrogen-bond donors (Lipinski definition) is 7. The zero-order chi connectivity index (χ0) is 23.1. The van der Waals surface area contributed by atoms with Crippen LogP contribution in [0.1, 0.15) is 13.2 Å². The third-order valence-corrected chi connectivity index (χ3v) is 7.48. The number of nitrogens with zero attached hydrogens (tertiary/aromatic N) is 2. The molecule has 172 valence electrons. The van der Waals surface area contributed by atoms with Crippen LogP contribution in [0.2, 0.25) is 0 Å². The Morgan fingerprint density at radius 2 is 1.83 bits per heavy atom. The maximum absolute atomic E-state index is 11.9. The lowest BCUT2D eigenvalue weighted by molar-refractivity contribution is -0.0985. The molecule has 0 spiro atoms. The SMILES string of the molecule is CC1(O)C(O)C(COP(=O)(O)OP(=O)(O)OP(=O)(O)O)OC1n1ccc(N)nc1=O. The topological polar surface area (TPSA) is 270 Å². The molecule has 1 aliphatic rings. The van der Waals surface area contributed by atoms with Crippen LogP contribution in [0.25, 0.3) is 0 Å². The summed E-state index contributed by atoms with van der Waals surface area (Å²) in [5.74, 6) is -0.126. The maximum Gasteiger partial charge on any atom is 0.490 e. The number of anilines is 1. The van der Waals surface area contributed by atoms with Gasteiger partial charge in [-0.15, -0.1) is 0 Å². The molecule has 0 radical (unpaired) electrons. The minimum absolute atomic E-state index is 0.126. The van der Waals surface area contributed by atoms with Crippen LogP contribution < -0.4 is 11.4 Å². The number of aliphatic hydroxyl groups is 2. The molecule has 0 aliphatic carbocycles. The molecule has 20 heteroatoms. The molecule has 8 N–H and O–H groups in total. The second-order valence-electron chi connectivity index (χ2n) is 6.13. The van der Waals surface area contributed by atoms with E-state index in [1.807, 2.05) is 0 Å². The number of nitrogen functional groups attached to an aromatic ring is 1. The summed E-state index contributed by atoms with van der Waals surface area (Å²) in [5, 5.41) is 20.7. The molecule has 1 fully saturated rings. The van der Waals surface area contributed by atoms with Crippen LogP contribution in [-0.2, 0) is 31.6 Å². The summed E-state index contributed by atoms with van der Waals surface area (Å²) < 4.78 is 51.1. The van der Waals surface area contributed by atoms with E-state index in [9.17, 15) is 33.6 Å². The molecular formula is C10H18N3O14P3. The van der Waals surface area contributed by atoms with Gasteiger partial charge in [0.15, 0.2) is 6.23 Å². The predicted molar refractivity (Wildman–Crippen MR) is 93.3 cm³/mol. The number of phosphoric ester groups is 1. The quantitative estimate of drug-likeness (QED) is 0.195. The molecule has 6 unspecified atom stereocenters. The standard InChI is InChI=1S/C10H18N3O14P3/c1-10(16)7(14)5(25-8(10)13-3-2-6(11)12-9(13)15)4-24-29(20,21)27-30(22,23)26-28(17,18)19/h2-3,5,7-8,14,16H,4H2,1H3,(H,20,21)(H,22,23)(H2,11,12,15)(H2,17,18,19). The van der Waals surface area contributed by atoms with Gasteiger partial charge in [0.1, 0.15) is 23.6 Å². The molecule has 1 aromatic heterocycles. The number of rotatable bonds is 8. The van der Waals surface area contributed by atoms with E-state index in [-0.39, 0.29) is 5.82 Å². The minimum atomic E-state index is -5.73. The summed E-state index contributed by atoms with van der Waals surface area (Å²) in [6, 6.07) is 1.20. The van der Waals surface area contributed by atoms with E-state index in [2.05, 4.69) is 18.1 Å². The van der Waals surface area contributed by atoms with Crippen molar-refractivity contribution in [3.63, 3.8) is 0 Å². The Kier molecular flexibility index (Phi) is 7.14. The van der Waals surface area contributed by atoms with Crippen molar-refractivity contribution in [3.05, 3.63) is 22.7 Å². The second kappa shape index (κ2) is 8.48. The Morgan fingerprint density at radius 3 is 2.37 bits per heavy atom. The van der Waals surface area contributed by atoms with Gasteiger partial charge in [-0.1, -0.05) is 0 Å². The van der Waals surface area contributed by atoms with Crippen molar-refractivity contribution in [2.75, 3.05) is 12.3 Å². The van der Waals surface area contributed by atoms with Crippen molar-refractivity contribution < 1.29 is 61.4 Å². The molecule has 0 saturated carbocycles. The highest BCUT2D eigenvalue weighted by molar-refractivity contribution is 7.66. The second-order valence-corrected chi connectivity index (χ2v) is 10.5. The molecule has 0 amide bonds. The molecule has 2 heterocycles. The van der Waals surface area contributed by atoms with Crippen LogP contribution in [0.3, 0.4) is 0 Å². The fraction of sp³-hybridized carbons (Fsp3) is 0.600. The molecule has 6 atom stereocenters. The average molecular weight is 497 g/mol. The summed E-state index contributed by atoms with van der Waals surface area (Å²) in [6.45, 7) is 0.0462. The first-order valence-electron chi connectivity index (χ1n) is 7.62. The zero-order valence-corrected chi connectivity index (χ0v) is 17.5. The van der Waals surface area contributed by atoms with E-state index in [1.54, 1.807) is 0 Å². The molecule has 1 aromatic rings. The van der Waals surface area contributed by atoms with Crippen LogP contribution in [0.5, 0.6) is 0 Å². The van der Waals surface area contributed by atoms with Gasteiger partial charge >= 0.3 is 29.2 Å². The highest BCUT2D eigenvalue weighted by Gasteiger charge is 2.54. The van der Waals surface area contributed by atoms with Crippen molar-refractivity contribution in [2.24, 2.45) is 0 Å². The molecule has 30 heavy (non-hydrogen) atoms. The van der Waals surface area contributed by atoms with Crippen LogP contribution in [0.4, 0.5) is 5.82 Å². The fourth-order valence-electron chi connectivity index (χ4n) is 2.45. The van der Waals surface area contributed by atoms with Gasteiger partial charge in [-0.2, -0.15) is 13.6 Å². The van der Waals surface area contributed by atoms with Gasteiger partial charge < -0.3 is 40.3 Å². The van der Waals surface area contributed by atoms with Crippen molar-refractivity contribution in [2.45, 2.75) is 31.0 Å². The van der Waals surface area contributed by atoms with E-state index >= 15 is 0 Å². The maximum atomic E-state index is 11.9. The smallest absolute Gasteiger partial charge is 0.387 e. The number of aliphatic hydroxyl groups excluding tert-OH is 1. The van der Waals surface area contributed by atoms with Gasteiger partial charge in [0.25, 0.3) is 0 Å². The molecular weight excluding hydrogens is 479 g/mol. The summed E-state index contributed by atoms with van der Waals surface area (Å²) in [4.78, 5) is 50.8. The Labute approximate surface area is 167 Å². The lowest BCUT2D eigenvalue weighted by Gasteiger charge is -2.27. The first-order valence-corrected chi connectivity index (χ1v) is 12.1. The van der Waals surface area contributed by atoms with E-state index in [4.69, 9.17) is 25.2 Å². The largest absolute Gasteiger partial charge is 0.490 e. The lowest BCUT2D eigenvalue weighted by atomic mass is 9.96. The minimum Gasteiger partial charge on any atom is -0.387 e. The molecule has 17 nitrogen and oxygen atoms in total. The van der Waals surface area contributed by atoms with Crippen molar-refractivity contribution in [1.29, 1.82) is 0 Å². The fourth-order valence-corrected chi connectivity index (χ4v) is 5.48. The molecule has 2 rings (SSSR count). The van der Waals surface area contributed by atoms with Crippen LogP contribution >= 0.6 is 23.5 Å². The number of ether oxygens (including phenoxy) is 1. The molecule has 1 saturated heterocycles. The van der Waals surface area contributed by atoms with Crippen LogP contribution in [-0.4, -0.2) is 63.8 Å². The van der Waals surface area contributed by atoms with Crippen molar-refractivity contribution >= 4 is 29.3 Å². The number of nitrogens with two attached hydrogens (primary N) is 1. The van der Waals surface area contributed by atoms with Gasteiger partial charge in [-0.05, 0) is 13.0 Å². The predicted octanol–water partition coefficient (Wildman–Crippen LogP) is -1.82. The molecule has 0 bridgehead atoms. The van der Waals surface area contributed by atoms with Crippen LogP contribution in [0.15, 0.2) is 17.1 Å². The van der Waals surface area contributed by atoms with Crippen molar-refractivity contribution in [3.8, 4) is 0 Å². The monoisotopic (exact) mass is 497 g/mol.